The summed E-state index contributed by atoms with van der Waals surface area (Å²) in [5.74, 6) is 0. The first-order chi connectivity index (χ1) is 2.27. The van der Waals surface area contributed by atoms with Gasteiger partial charge in [0.15, 0.2) is 0 Å². The van der Waals surface area contributed by atoms with Gasteiger partial charge in [-0.25, -0.2) is 0 Å². The third kappa shape index (κ3) is 4.88. The normalized spacial score (nSPS) is 9.80. The molecule has 0 fully saturated rings. The number of rotatable bonds is 1. The Morgan fingerprint density at radius 2 is 1.80 bits per heavy atom. The van der Waals surface area contributed by atoms with Crippen LogP contribution in [0, 0.1) is 0 Å². The average molecular weight is 102 g/mol. The fourth-order valence-electron chi connectivity index (χ4n) is 0. The standard InChI is InChI=1S/C3H8S.Al/c1-3(2)4;/h3-4H,1-2H3;/q;+3/p-1. The summed E-state index contributed by atoms with van der Waals surface area (Å²) in [6.45, 7) is 4.33. The maximum absolute atomic E-state index is 2.61. The molecule has 0 N–H and O–H groups in total. The molecule has 0 radical (unpaired) electrons. The summed E-state index contributed by atoms with van der Waals surface area (Å²) < 4.78 is 0. The molecule has 0 aliphatic carbocycles. The van der Waals surface area contributed by atoms with Crippen LogP contribution in [0.4, 0.5) is 0 Å². The molecule has 0 saturated carbocycles. The summed E-state index contributed by atoms with van der Waals surface area (Å²) >= 11 is 2.61. The second-order valence-corrected chi connectivity index (χ2v) is 3.22. The van der Waals surface area contributed by atoms with Crippen molar-refractivity contribution in [3.63, 3.8) is 0 Å². The van der Waals surface area contributed by atoms with E-state index in [1.807, 2.05) is 0 Å². The zero-order valence-corrected chi connectivity index (χ0v) is 5.53. The molecule has 0 atom stereocenters. The van der Waals surface area contributed by atoms with Gasteiger partial charge >= 0.3 is 44.4 Å². The first-order valence-electron chi connectivity index (χ1n) is 1.63. The summed E-state index contributed by atoms with van der Waals surface area (Å²) in [6, 6.07) is 0. The van der Waals surface area contributed by atoms with Gasteiger partial charge in [-0.2, -0.15) is 0 Å². The molecule has 0 spiro atoms. The van der Waals surface area contributed by atoms with E-state index >= 15 is 0 Å². The molecule has 0 heterocycles. The van der Waals surface area contributed by atoms with Gasteiger partial charge in [0.25, 0.3) is 0 Å². The van der Waals surface area contributed by atoms with Crippen molar-refractivity contribution in [2.24, 2.45) is 0 Å². The molecular weight excluding hydrogens is 95.1 g/mol. The van der Waals surface area contributed by atoms with Crippen LogP contribution >= 0.6 is 10.1 Å². The first-order valence-corrected chi connectivity index (χ1v) is 3.98. The second-order valence-electron chi connectivity index (χ2n) is 1.18. The summed E-state index contributed by atoms with van der Waals surface area (Å²) in [5.41, 5.74) is 0. The number of hydrogen-bond acceptors (Lipinski definition) is 1. The molecule has 0 aliphatic rings. The van der Waals surface area contributed by atoms with Gasteiger partial charge in [0, 0.05) is 0 Å². The van der Waals surface area contributed by atoms with Crippen LogP contribution in [-0.2, 0) is 0 Å². The molecule has 0 rings (SSSR count). The van der Waals surface area contributed by atoms with E-state index in [-0.39, 0.29) is 0 Å². The maximum atomic E-state index is 2.61. The van der Waals surface area contributed by atoms with Crippen LogP contribution in [0.3, 0.4) is 0 Å². The van der Waals surface area contributed by atoms with Gasteiger partial charge in [-0.05, 0) is 0 Å². The van der Waals surface area contributed by atoms with Crippen molar-refractivity contribution < 1.29 is 0 Å². The van der Waals surface area contributed by atoms with E-state index in [0.29, 0.717) is 0 Å². The van der Waals surface area contributed by atoms with Gasteiger partial charge in [0.2, 0.25) is 0 Å². The van der Waals surface area contributed by atoms with Gasteiger partial charge in [0.1, 0.15) is 0 Å². The summed E-state index contributed by atoms with van der Waals surface area (Å²) in [6.07, 6.45) is 0. The van der Waals surface area contributed by atoms with Gasteiger partial charge in [-0.1, -0.05) is 0 Å². The van der Waals surface area contributed by atoms with E-state index in [9.17, 15) is 0 Å². The molecule has 26 valence electrons. The van der Waals surface area contributed by atoms with Crippen LogP contribution in [0.15, 0.2) is 0 Å². The Morgan fingerprint density at radius 3 is 1.80 bits per heavy atom. The first kappa shape index (κ1) is 5.88. The van der Waals surface area contributed by atoms with E-state index < -0.39 is 0 Å². The molecule has 0 amide bonds. The van der Waals surface area contributed by atoms with Crippen molar-refractivity contribution in [1.29, 1.82) is 0 Å². The molecule has 0 aliphatic heterocycles. The molecule has 0 aromatic carbocycles. The van der Waals surface area contributed by atoms with Crippen molar-refractivity contribution in [2.45, 2.75) is 19.1 Å². The second kappa shape index (κ2) is 3.09. The van der Waals surface area contributed by atoms with Gasteiger partial charge in [0.05, 0.1) is 0 Å². The predicted octanol–water partition coefficient (Wildman–Crippen LogP) is 1.21. The Hall–Kier alpha value is 0.882. The fourth-order valence-corrected chi connectivity index (χ4v) is 0. The minimum absolute atomic E-state index is 0.764. The Morgan fingerprint density at radius 1 is 1.60 bits per heavy atom. The third-order valence-corrected chi connectivity index (χ3v) is 2.45. The van der Waals surface area contributed by atoms with Crippen molar-refractivity contribution >= 4 is 25.3 Å². The minimum atomic E-state index is 0.764. The molecule has 0 nitrogen and oxygen atoms in total. The molecule has 0 bridgehead atoms. The van der Waals surface area contributed by atoms with E-state index in [2.05, 4.69) is 29.0 Å². The molecule has 2 heteroatoms. The van der Waals surface area contributed by atoms with Crippen molar-refractivity contribution in [1.82, 2.24) is 0 Å². The molecular formula is C3H7AlS+2. The van der Waals surface area contributed by atoms with E-state index in [1.165, 1.54) is 0 Å². The van der Waals surface area contributed by atoms with Crippen LogP contribution in [-0.4, -0.2) is 20.4 Å². The molecule has 0 aromatic rings. The van der Waals surface area contributed by atoms with Gasteiger partial charge < -0.3 is 0 Å². The Kier molecular flexibility index (Phi) is 3.63. The topological polar surface area (TPSA) is 0 Å². The van der Waals surface area contributed by atoms with Crippen molar-refractivity contribution in [2.75, 3.05) is 0 Å². The average Bonchev–Trinajstić information content (AvgIpc) is 1.38. The van der Waals surface area contributed by atoms with Crippen molar-refractivity contribution in [3.05, 3.63) is 0 Å². The Bertz CT molecular complexity index is 20.9. The molecule has 0 unspecified atom stereocenters. The van der Waals surface area contributed by atoms with Crippen molar-refractivity contribution in [3.8, 4) is 0 Å². The van der Waals surface area contributed by atoms with Gasteiger partial charge in [-0.3, -0.25) is 0 Å². The third-order valence-electron chi connectivity index (χ3n) is 0.272. The Labute approximate surface area is 44.8 Å². The van der Waals surface area contributed by atoms with Crippen LogP contribution < -0.4 is 0 Å². The summed E-state index contributed by atoms with van der Waals surface area (Å²) in [7, 11) is 1.80. The van der Waals surface area contributed by atoms with Crippen LogP contribution in [0.2, 0.25) is 0 Å². The summed E-state index contributed by atoms with van der Waals surface area (Å²) in [4.78, 5) is 0. The van der Waals surface area contributed by atoms with E-state index in [4.69, 9.17) is 0 Å². The zero-order valence-electron chi connectivity index (χ0n) is 3.56. The SMILES string of the molecule is CC(C)[S][Al+2]. The van der Waals surface area contributed by atoms with Gasteiger partial charge in [-0.15, -0.1) is 0 Å². The molecule has 0 saturated heterocycles. The quantitative estimate of drug-likeness (QED) is 0.448. The van der Waals surface area contributed by atoms with Crippen LogP contribution in [0.5, 0.6) is 0 Å². The van der Waals surface area contributed by atoms with E-state index in [1.54, 1.807) is 10.1 Å². The van der Waals surface area contributed by atoms with Crippen LogP contribution in [0.1, 0.15) is 13.8 Å². The zero-order chi connectivity index (χ0) is 4.28. The molecule has 0 aromatic heterocycles. The Balaban J connectivity index is 2.54. The van der Waals surface area contributed by atoms with E-state index in [0.717, 1.165) is 5.25 Å². The number of hydrogen-bond donors (Lipinski definition) is 0. The summed E-state index contributed by atoms with van der Waals surface area (Å²) in [5, 5.41) is 0.764. The predicted molar refractivity (Wildman–Crippen MR) is 28.5 cm³/mol. The monoisotopic (exact) mass is 102 g/mol. The fraction of sp³-hybridized carbons (Fsp3) is 1.00. The molecule has 5 heavy (non-hydrogen) atoms. The van der Waals surface area contributed by atoms with Crippen LogP contribution in [0.25, 0.3) is 0 Å².